The number of benzene rings is 2. The Morgan fingerprint density at radius 2 is 1.50 bits per heavy atom. The van der Waals surface area contributed by atoms with Crippen molar-refractivity contribution in [1.29, 1.82) is 0 Å². The molecule has 1 N–H and O–H groups in total. The summed E-state index contributed by atoms with van der Waals surface area (Å²) in [6.45, 7) is 0. The fraction of sp³-hybridized carbons (Fsp3) is 0. The van der Waals surface area contributed by atoms with Crippen molar-refractivity contribution < 1.29 is 5.11 Å². The van der Waals surface area contributed by atoms with E-state index >= 15 is 0 Å². The van der Waals surface area contributed by atoms with Crippen LogP contribution in [0.3, 0.4) is 0 Å². The number of hydrogen-bond donors (Lipinski definition) is 1. The fourth-order valence-electron chi connectivity index (χ4n) is 1.18. The molecular formula is C10H9ClO. The van der Waals surface area contributed by atoms with E-state index in [1.165, 1.54) is 0 Å². The van der Waals surface area contributed by atoms with Gasteiger partial charge in [0, 0.05) is 0 Å². The maximum atomic E-state index is 9.13. The Balaban J connectivity index is 0.000000720. The molecular weight excluding hydrogens is 172 g/mol. The van der Waals surface area contributed by atoms with Crippen LogP contribution in [0, 0.1) is 0 Å². The number of aromatic hydroxyl groups is 1. The molecule has 1 nitrogen and oxygen atoms in total. The van der Waals surface area contributed by atoms with Gasteiger partial charge >= 0.3 is 0 Å². The van der Waals surface area contributed by atoms with Gasteiger partial charge in [-0.2, -0.15) is 0 Å². The summed E-state index contributed by atoms with van der Waals surface area (Å²) in [5, 5.41) is 11.4. The number of hydrogen-bond acceptors (Lipinski definition) is 1. The highest BCUT2D eigenvalue weighted by Crippen LogP contribution is 2.18. The molecule has 0 unspecified atom stereocenters. The number of phenols is 1. The molecule has 0 spiro atoms. The van der Waals surface area contributed by atoms with Crippen molar-refractivity contribution in [2.24, 2.45) is 0 Å². The zero-order chi connectivity index (χ0) is 7.68. The van der Waals surface area contributed by atoms with Crippen LogP contribution >= 0.6 is 12.4 Å². The summed E-state index contributed by atoms with van der Waals surface area (Å²) < 4.78 is 0. The molecule has 2 rings (SSSR count). The van der Waals surface area contributed by atoms with Gasteiger partial charge in [0.2, 0.25) is 0 Å². The van der Waals surface area contributed by atoms with Crippen LogP contribution < -0.4 is 0 Å². The third-order valence-electron chi connectivity index (χ3n) is 1.73. The molecule has 0 aliphatic rings. The minimum absolute atomic E-state index is 0. The largest absolute Gasteiger partial charge is 0.508 e. The Labute approximate surface area is 77.1 Å². The SMILES string of the molecule is Cl.Oc1ccc2ccccc2c1. The summed E-state index contributed by atoms with van der Waals surface area (Å²) in [6.07, 6.45) is 0. The maximum Gasteiger partial charge on any atom is 0.116 e. The van der Waals surface area contributed by atoms with Gasteiger partial charge in [0.05, 0.1) is 0 Å². The van der Waals surface area contributed by atoms with E-state index in [1.54, 1.807) is 12.1 Å². The molecule has 0 saturated carbocycles. The van der Waals surface area contributed by atoms with Crippen LogP contribution in [0.1, 0.15) is 0 Å². The summed E-state index contributed by atoms with van der Waals surface area (Å²) in [4.78, 5) is 0. The second-order valence-electron chi connectivity index (χ2n) is 2.53. The first kappa shape index (κ1) is 8.88. The van der Waals surface area contributed by atoms with Crippen molar-refractivity contribution in [3.63, 3.8) is 0 Å². The second kappa shape index (κ2) is 3.46. The highest BCUT2D eigenvalue weighted by Gasteiger charge is 1.91. The molecule has 0 aromatic heterocycles. The molecule has 62 valence electrons. The first-order valence-electron chi connectivity index (χ1n) is 3.54. The number of fused-ring (bicyclic) bond motifs is 1. The molecule has 0 bridgehead atoms. The van der Waals surface area contributed by atoms with E-state index in [2.05, 4.69) is 0 Å². The molecule has 0 saturated heterocycles. The van der Waals surface area contributed by atoms with Crippen LogP contribution in [0.4, 0.5) is 0 Å². The molecule has 2 aromatic carbocycles. The lowest BCUT2D eigenvalue weighted by Gasteiger charge is -1.96. The van der Waals surface area contributed by atoms with E-state index in [4.69, 9.17) is 5.11 Å². The van der Waals surface area contributed by atoms with Gasteiger partial charge in [-0.3, -0.25) is 0 Å². The number of rotatable bonds is 0. The van der Waals surface area contributed by atoms with Crippen LogP contribution in [0.2, 0.25) is 0 Å². The lowest BCUT2D eigenvalue weighted by molar-refractivity contribution is 0.476. The predicted octanol–water partition coefficient (Wildman–Crippen LogP) is 2.97. The summed E-state index contributed by atoms with van der Waals surface area (Å²) in [5.41, 5.74) is 0. The third-order valence-corrected chi connectivity index (χ3v) is 1.73. The molecule has 0 radical (unpaired) electrons. The highest BCUT2D eigenvalue weighted by atomic mass is 35.5. The monoisotopic (exact) mass is 180 g/mol. The average Bonchev–Trinajstić information content (AvgIpc) is 2.04. The van der Waals surface area contributed by atoms with Crippen LogP contribution in [0.15, 0.2) is 42.5 Å². The molecule has 0 fully saturated rings. The third kappa shape index (κ3) is 1.51. The molecule has 12 heavy (non-hydrogen) atoms. The van der Waals surface area contributed by atoms with Gasteiger partial charge in [0.15, 0.2) is 0 Å². The van der Waals surface area contributed by atoms with E-state index in [0.29, 0.717) is 5.75 Å². The number of phenolic OH excluding ortho intramolecular Hbond substituents is 1. The Morgan fingerprint density at radius 3 is 2.25 bits per heavy atom. The highest BCUT2D eigenvalue weighted by molar-refractivity contribution is 5.85. The van der Waals surface area contributed by atoms with Gasteiger partial charge in [-0.15, -0.1) is 12.4 Å². The quantitative estimate of drug-likeness (QED) is 0.661. The van der Waals surface area contributed by atoms with E-state index in [1.807, 2.05) is 30.3 Å². The Morgan fingerprint density at radius 1 is 0.833 bits per heavy atom. The molecule has 2 aromatic rings. The van der Waals surface area contributed by atoms with Gasteiger partial charge in [-0.05, 0) is 22.9 Å². The minimum Gasteiger partial charge on any atom is -0.508 e. The van der Waals surface area contributed by atoms with Gasteiger partial charge in [-0.25, -0.2) is 0 Å². The molecule has 2 heteroatoms. The molecule has 0 atom stereocenters. The van der Waals surface area contributed by atoms with Crippen molar-refractivity contribution in [2.45, 2.75) is 0 Å². The Kier molecular flexibility index (Phi) is 2.56. The van der Waals surface area contributed by atoms with Gasteiger partial charge in [0.1, 0.15) is 5.75 Å². The van der Waals surface area contributed by atoms with E-state index in [0.717, 1.165) is 10.8 Å². The standard InChI is InChI=1S/C10H8O.ClH/c11-10-6-5-8-3-1-2-4-9(8)7-10;/h1-7,11H;1H. The summed E-state index contributed by atoms with van der Waals surface area (Å²) in [5.74, 6) is 0.323. The Bertz CT molecular complexity index is 384. The van der Waals surface area contributed by atoms with Crippen molar-refractivity contribution in [2.75, 3.05) is 0 Å². The van der Waals surface area contributed by atoms with Crippen molar-refractivity contribution >= 4 is 23.2 Å². The smallest absolute Gasteiger partial charge is 0.116 e. The zero-order valence-electron chi connectivity index (χ0n) is 6.40. The molecule has 0 amide bonds. The van der Waals surface area contributed by atoms with Crippen molar-refractivity contribution in [3.8, 4) is 5.75 Å². The van der Waals surface area contributed by atoms with Gasteiger partial charge in [-0.1, -0.05) is 30.3 Å². The molecule has 0 heterocycles. The minimum atomic E-state index is 0. The second-order valence-corrected chi connectivity index (χ2v) is 2.53. The number of halogens is 1. The summed E-state index contributed by atoms with van der Waals surface area (Å²) >= 11 is 0. The van der Waals surface area contributed by atoms with Gasteiger partial charge in [0.25, 0.3) is 0 Å². The van der Waals surface area contributed by atoms with Crippen molar-refractivity contribution in [3.05, 3.63) is 42.5 Å². The predicted molar refractivity (Wildman–Crippen MR) is 52.9 cm³/mol. The van der Waals surface area contributed by atoms with E-state index < -0.39 is 0 Å². The van der Waals surface area contributed by atoms with Crippen molar-refractivity contribution in [1.82, 2.24) is 0 Å². The van der Waals surface area contributed by atoms with Gasteiger partial charge < -0.3 is 5.11 Å². The van der Waals surface area contributed by atoms with E-state index in [-0.39, 0.29) is 12.4 Å². The summed E-state index contributed by atoms with van der Waals surface area (Å²) in [7, 11) is 0. The van der Waals surface area contributed by atoms with Crippen LogP contribution in [0.25, 0.3) is 10.8 Å². The first-order valence-corrected chi connectivity index (χ1v) is 3.54. The lowest BCUT2D eigenvalue weighted by atomic mass is 10.1. The van der Waals surface area contributed by atoms with Crippen LogP contribution in [-0.2, 0) is 0 Å². The topological polar surface area (TPSA) is 20.2 Å². The van der Waals surface area contributed by atoms with Crippen LogP contribution in [-0.4, -0.2) is 5.11 Å². The van der Waals surface area contributed by atoms with E-state index in [9.17, 15) is 0 Å². The summed E-state index contributed by atoms with van der Waals surface area (Å²) in [6, 6.07) is 13.3. The maximum absolute atomic E-state index is 9.13. The molecule has 0 aliphatic carbocycles. The average molecular weight is 181 g/mol. The lowest BCUT2D eigenvalue weighted by Crippen LogP contribution is -1.69. The normalized spacial score (nSPS) is 9.33. The van der Waals surface area contributed by atoms with Crippen LogP contribution in [0.5, 0.6) is 5.75 Å². The first-order chi connectivity index (χ1) is 5.36. The Hall–Kier alpha value is -1.21. The molecule has 0 aliphatic heterocycles. The fourth-order valence-corrected chi connectivity index (χ4v) is 1.18. The zero-order valence-corrected chi connectivity index (χ0v) is 7.21.